The lowest BCUT2D eigenvalue weighted by atomic mass is 10.0. The monoisotopic (exact) mass is 605 g/mol. The van der Waals surface area contributed by atoms with Crippen LogP contribution in [0.2, 0.25) is 0 Å². The van der Waals surface area contributed by atoms with E-state index in [4.69, 9.17) is 50.1 Å². The number of hydrogen-bond acceptors (Lipinski definition) is 8. The largest absolute Gasteiger partial charge is 0.458 e. The zero-order chi connectivity index (χ0) is 23.4. The highest BCUT2D eigenvalue weighted by Gasteiger charge is 2.52. The fraction of sp³-hybridized carbons (Fsp3) is 0.812. The second-order valence-corrected chi connectivity index (χ2v) is 12.2. The number of ether oxygens (including phenoxy) is 2. The number of carbonyl (C=O) groups excluding carboxylic acids is 2. The molecule has 29 heavy (non-hydrogen) atoms. The maximum Gasteiger partial charge on any atom is 0.325 e. The molecular formula is C16H24Br2Cl3NO7. The molecule has 0 spiro atoms. The second-order valence-electron chi connectivity index (χ2n) is 6.64. The van der Waals surface area contributed by atoms with Gasteiger partial charge in [0.05, 0.1) is 12.3 Å². The van der Waals surface area contributed by atoms with Gasteiger partial charge in [-0.2, -0.15) is 0 Å². The standard InChI is InChI=1S/C7H11BrO3.C6H9BrO4.C3H4Cl3N/c1-3-4-5(9)7(2,8)6(10)11-4;1-6(7)4(9)3(2-8)11-5(6)10;1-2(7)3(4,5)6/h4-5,9H,3H2,1-2H3;3-4,8-9H,2H2,1H3;7H,1H3/t4-,5-,7?;3-,4-,6?;/m11./s1. The Morgan fingerprint density at radius 3 is 1.48 bits per heavy atom. The van der Waals surface area contributed by atoms with Crippen molar-refractivity contribution in [2.75, 3.05) is 6.61 Å². The molecule has 170 valence electrons. The SMILES string of the molecule is CC(=N)C(Cl)(Cl)Cl.CC1(Br)C(=O)O[C@H](CO)[C@H]1O.CC[C@H]1OC(=O)C(C)(Br)[C@@H]1O. The third-order valence-corrected chi connectivity index (χ3v) is 6.57. The van der Waals surface area contributed by atoms with E-state index in [9.17, 15) is 19.8 Å². The number of alkyl halides is 5. The Labute approximate surface area is 200 Å². The molecular weight excluding hydrogens is 584 g/mol. The van der Waals surface area contributed by atoms with Gasteiger partial charge in [0.2, 0.25) is 3.79 Å². The van der Waals surface area contributed by atoms with Crippen molar-refractivity contribution in [3.8, 4) is 0 Å². The average Bonchev–Trinajstić information content (AvgIpc) is 2.93. The van der Waals surface area contributed by atoms with Crippen LogP contribution in [0, 0.1) is 5.41 Å². The van der Waals surface area contributed by atoms with Crippen LogP contribution >= 0.6 is 66.7 Å². The van der Waals surface area contributed by atoms with Crippen LogP contribution < -0.4 is 0 Å². The van der Waals surface area contributed by atoms with Gasteiger partial charge >= 0.3 is 11.9 Å². The van der Waals surface area contributed by atoms with E-state index in [0.29, 0.717) is 6.42 Å². The Balaban J connectivity index is 0.000000419. The zero-order valence-electron chi connectivity index (χ0n) is 16.1. The predicted molar refractivity (Wildman–Crippen MR) is 118 cm³/mol. The third kappa shape index (κ3) is 7.75. The summed E-state index contributed by atoms with van der Waals surface area (Å²) >= 11 is 21.7. The van der Waals surface area contributed by atoms with Gasteiger partial charge in [-0.25, -0.2) is 0 Å². The summed E-state index contributed by atoms with van der Waals surface area (Å²) in [6.07, 6.45) is -2.23. The number of rotatable bonds is 2. The van der Waals surface area contributed by atoms with E-state index in [1.807, 2.05) is 6.92 Å². The number of hydrogen-bond donors (Lipinski definition) is 4. The first-order valence-electron chi connectivity index (χ1n) is 8.33. The topological polar surface area (TPSA) is 137 Å². The maximum atomic E-state index is 11.0. The van der Waals surface area contributed by atoms with Gasteiger partial charge in [0.15, 0.2) is 6.10 Å². The number of halogens is 5. The summed E-state index contributed by atoms with van der Waals surface area (Å²) in [7, 11) is 0. The fourth-order valence-corrected chi connectivity index (χ4v) is 2.79. The summed E-state index contributed by atoms with van der Waals surface area (Å²) < 4.78 is 6.08. The van der Waals surface area contributed by atoms with Crippen LogP contribution in [0.5, 0.6) is 0 Å². The molecule has 2 aliphatic rings. The Bertz CT molecular complexity index is 574. The lowest BCUT2D eigenvalue weighted by molar-refractivity contribution is -0.144. The molecule has 2 heterocycles. The van der Waals surface area contributed by atoms with Crippen molar-refractivity contribution in [1.29, 1.82) is 5.41 Å². The van der Waals surface area contributed by atoms with Gasteiger partial charge in [-0.3, -0.25) is 9.59 Å². The van der Waals surface area contributed by atoms with Gasteiger partial charge in [-0.1, -0.05) is 73.6 Å². The number of aliphatic hydroxyl groups excluding tert-OH is 3. The van der Waals surface area contributed by atoms with Gasteiger partial charge in [0.1, 0.15) is 27.0 Å². The number of nitrogens with one attached hydrogen (secondary N) is 1. The fourth-order valence-electron chi connectivity index (χ4n) is 2.02. The van der Waals surface area contributed by atoms with E-state index in [-0.39, 0.29) is 24.4 Å². The van der Waals surface area contributed by atoms with E-state index in [0.717, 1.165) is 0 Å². The maximum absolute atomic E-state index is 11.0. The van der Waals surface area contributed by atoms with Gasteiger partial charge < -0.3 is 30.2 Å². The summed E-state index contributed by atoms with van der Waals surface area (Å²) in [6, 6.07) is 0. The molecule has 6 atom stereocenters. The Morgan fingerprint density at radius 1 is 1.07 bits per heavy atom. The molecule has 13 heteroatoms. The number of aliphatic hydroxyl groups is 3. The van der Waals surface area contributed by atoms with E-state index in [2.05, 4.69) is 36.6 Å². The second kappa shape index (κ2) is 11.3. The van der Waals surface area contributed by atoms with Crippen LogP contribution in [-0.2, 0) is 19.1 Å². The summed E-state index contributed by atoms with van der Waals surface area (Å²) in [6.45, 7) is 6.09. The highest BCUT2D eigenvalue weighted by molar-refractivity contribution is 9.10. The molecule has 2 unspecified atom stereocenters. The van der Waals surface area contributed by atoms with E-state index in [1.165, 1.54) is 13.8 Å². The van der Waals surface area contributed by atoms with Gasteiger partial charge in [0.25, 0.3) is 0 Å². The van der Waals surface area contributed by atoms with Gasteiger partial charge in [-0.15, -0.1) is 0 Å². The molecule has 0 saturated carbocycles. The smallest absolute Gasteiger partial charge is 0.325 e. The molecule has 0 aromatic heterocycles. The van der Waals surface area contributed by atoms with Crippen molar-refractivity contribution in [2.24, 2.45) is 0 Å². The van der Waals surface area contributed by atoms with Crippen LogP contribution in [0.1, 0.15) is 34.1 Å². The first-order valence-corrected chi connectivity index (χ1v) is 11.1. The number of carbonyl (C=O) groups is 2. The molecule has 2 aliphatic heterocycles. The molecule has 0 aromatic carbocycles. The van der Waals surface area contributed by atoms with E-state index in [1.54, 1.807) is 6.92 Å². The predicted octanol–water partition coefficient (Wildman–Crippen LogP) is 2.65. The minimum absolute atomic E-state index is 0.0394. The molecule has 0 aromatic rings. The highest BCUT2D eigenvalue weighted by atomic mass is 79.9. The summed E-state index contributed by atoms with van der Waals surface area (Å²) in [5.41, 5.74) is 0.0394. The molecule has 0 aliphatic carbocycles. The molecule has 2 saturated heterocycles. The molecule has 0 amide bonds. The minimum Gasteiger partial charge on any atom is -0.458 e. The molecule has 0 radical (unpaired) electrons. The van der Waals surface area contributed by atoms with Gasteiger partial charge in [-0.05, 0) is 27.2 Å². The van der Waals surface area contributed by atoms with Crippen molar-refractivity contribution >= 4 is 84.3 Å². The number of esters is 2. The molecule has 2 fully saturated rings. The first kappa shape index (κ1) is 29.3. The van der Waals surface area contributed by atoms with Gasteiger partial charge in [0, 0.05) is 0 Å². The van der Waals surface area contributed by atoms with Crippen molar-refractivity contribution < 1.29 is 34.4 Å². The van der Waals surface area contributed by atoms with Crippen LogP contribution in [0.3, 0.4) is 0 Å². The highest BCUT2D eigenvalue weighted by Crippen LogP contribution is 2.35. The molecule has 2 rings (SSSR count). The zero-order valence-corrected chi connectivity index (χ0v) is 21.5. The van der Waals surface area contributed by atoms with Crippen LogP contribution in [0.25, 0.3) is 0 Å². The van der Waals surface area contributed by atoms with Crippen LogP contribution in [0.15, 0.2) is 0 Å². The van der Waals surface area contributed by atoms with Crippen LogP contribution in [-0.4, -0.2) is 76.4 Å². The molecule has 8 nitrogen and oxygen atoms in total. The van der Waals surface area contributed by atoms with E-state index < -0.39 is 36.7 Å². The van der Waals surface area contributed by atoms with Crippen LogP contribution in [0.4, 0.5) is 0 Å². The normalized spacial score (nSPS) is 36.3. The van der Waals surface area contributed by atoms with E-state index >= 15 is 0 Å². The minimum atomic E-state index is -1.50. The summed E-state index contributed by atoms with van der Waals surface area (Å²) in [4.78, 5) is 22.0. The Hall–Kier alpha value is 0.320. The Morgan fingerprint density at radius 2 is 1.38 bits per heavy atom. The molecule has 4 N–H and O–H groups in total. The quantitative estimate of drug-likeness (QED) is 0.215. The molecule has 0 bridgehead atoms. The van der Waals surface area contributed by atoms with Crippen molar-refractivity contribution in [2.45, 2.75) is 71.0 Å². The average molecular weight is 609 g/mol. The third-order valence-electron chi connectivity index (χ3n) is 4.14. The summed E-state index contributed by atoms with van der Waals surface area (Å²) in [5.74, 6) is -0.916. The lowest BCUT2D eigenvalue weighted by Gasteiger charge is -2.16. The Kier molecular flexibility index (Phi) is 11.4. The number of cyclic esters (lactones) is 2. The first-order chi connectivity index (χ1) is 12.9. The van der Waals surface area contributed by atoms with Crippen molar-refractivity contribution in [1.82, 2.24) is 0 Å². The summed E-state index contributed by atoms with van der Waals surface area (Å²) in [5, 5.41) is 34.2. The van der Waals surface area contributed by atoms with Crippen molar-refractivity contribution in [3.63, 3.8) is 0 Å². The van der Waals surface area contributed by atoms with Crippen molar-refractivity contribution in [3.05, 3.63) is 0 Å². The lowest BCUT2D eigenvalue weighted by Crippen LogP contribution is -2.38.